The Kier molecular flexibility index (Phi) is 20.7. The van der Waals surface area contributed by atoms with Crippen LogP contribution in [0.25, 0.3) is 67.3 Å². The summed E-state index contributed by atoms with van der Waals surface area (Å²) in [6.45, 7) is 10.7. The van der Waals surface area contributed by atoms with E-state index < -0.39 is 20.6 Å². The van der Waals surface area contributed by atoms with Crippen molar-refractivity contribution in [1.82, 2.24) is 44.9 Å². The standard InChI is InChI=1S/C25H30N4O4S.C25H30N4O3S.C25H30N4O2S/c1-25(6-4-3-5-7-25)23(30)20-15-26-24-22(20)28-21(16-27-24)17-12-18(14-19(13-17)33-2)29-8-10-34(31,32)11-9-29;1-25(6-4-3-5-7-25)23(30)20-15-26-24-22(20)28-21(16-27-24)17-12-18(14-19(13-17)32-2)29-8-10-33(31)11-9-29;1-25(6-4-3-5-7-25)23(30)20-15-26-24-22(20)28-21(16-27-24)17-12-18(14-19(13-17)31-2)29-8-10-32-11-9-29/h12-16H,3-11H2,1-2H3,(H,26,27);12-16H,3-11H2,1-2H3,(H,26,27);12-16H,3-11H2,1-2H3,(H,26,27). The summed E-state index contributed by atoms with van der Waals surface area (Å²) in [7, 11) is 1.23. The number of sulfone groups is 1. The van der Waals surface area contributed by atoms with Gasteiger partial charge in [0, 0.05) is 160 Å². The van der Waals surface area contributed by atoms with E-state index in [-0.39, 0.29) is 45.1 Å². The van der Waals surface area contributed by atoms with Gasteiger partial charge in [0.15, 0.2) is 44.1 Å². The van der Waals surface area contributed by atoms with Crippen LogP contribution in [0.2, 0.25) is 0 Å². The molecular formula is C75H90N12O9S3. The molecule has 99 heavy (non-hydrogen) atoms. The summed E-state index contributed by atoms with van der Waals surface area (Å²) >= 11 is 1.99. The van der Waals surface area contributed by atoms with E-state index in [0.29, 0.717) is 91.9 Å². The number of Topliss-reactive ketones (excluding diaryl/α,β-unsaturated/α-hetero) is 3. The molecule has 3 saturated heterocycles. The number of nitrogens with one attached hydrogen (secondary N) is 3. The van der Waals surface area contributed by atoms with Gasteiger partial charge in [-0.3, -0.25) is 18.6 Å². The fraction of sp³-hybridized carbons (Fsp3) is 0.480. The summed E-state index contributed by atoms with van der Waals surface area (Å²) in [5, 5.41) is 0. The molecule has 24 heteroatoms. The minimum atomic E-state index is -2.98. The lowest BCUT2D eigenvalue weighted by Gasteiger charge is -2.31. The van der Waals surface area contributed by atoms with Crippen molar-refractivity contribution in [3.63, 3.8) is 0 Å². The van der Waals surface area contributed by atoms with Gasteiger partial charge in [-0.15, -0.1) is 0 Å². The van der Waals surface area contributed by atoms with Crippen molar-refractivity contribution in [2.24, 2.45) is 16.2 Å². The van der Waals surface area contributed by atoms with Crippen molar-refractivity contribution < 1.29 is 41.2 Å². The van der Waals surface area contributed by atoms with E-state index in [4.69, 9.17) is 29.2 Å². The topological polar surface area (TPSA) is 265 Å². The van der Waals surface area contributed by atoms with Gasteiger partial charge in [-0.25, -0.2) is 38.3 Å². The van der Waals surface area contributed by atoms with E-state index in [1.54, 1.807) is 58.5 Å². The van der Waals surface area contributed by atoms with Gasteiger partial charge < -0.3 is 43.9 Å². The number of carbonyl (C=O) groups excluding carboxylic acids is 3. The molecule has 6 aromatic heterocycles. The number of methoxy groups -OCH3 is 3. The smallest absolute Gasteiger partial charge is 0.172 e. The zero-order valence-electron chi connectivity index (χ0n) is 57.7. The molecule has 0 unspecified atom stereocenters. The second-order valence-electron chi connectivity index (χ2n) is 28.1. The van der Waals surface area contributed by atoms with Crippen molar-refractivity contribution in [2.75, 3.05) is 110 Å². The Balaban J connectivity index is 0.000000133. The molecule has 6 aliphatic rings. The Morgan fingerprint density at radius 1 is 0.455 bits per heavy atom. The number of thioether (sulfide) groups is 1. The lowest BCUT2D eigenvalue weighted by atomic mass is 9.71. The molecule has 9 heterocycles. The summed E-state index contributed by atoms with van der Waals surface area (Å²) < 4.78 is 52.2. The van der Waals surface area contributed by atoms with Crippen molar-refractivity contribution >= 4 is 100 Å². The Morgan fingerprint density at radius 2 is 0.768 bits per heavy atom. The first-order chi connectivity index (χ1) is 47.8. The van der Waals surface area contributed by atoms with E-state index in [9.17, 15) is 27.0 Å². The van der Waals surface area contributed by atoms with Gasteiger partial charge in [-0.1, -0.05) is 78.6 Å². The molecule has 3 aliphatic heterocycles. The highest BCUT2D eigenvalue weighted by atomic mass is 32.2. The third-order valence-electron chi connectivity index (χ3n) is 21.3. The zero-order valence-corrected chi connectivity index (χ0v) is 60.1. The van der Waals surface area contributed by atoms with Crippen molar-refractivity contribution in [3.05, 3.63) is 108 Å². The lowest BCUT2D eigenvalue weighted by Crippen LogP contribution is -2.40. The number of nitrogens with zero attached hydrogens (tertiary/aromatic N) is 9. The van der Waals surface area contributed by atoms with Crippen LogP contribution in [0.5, 0.6) is 17.2 Å². The molecule has 0 amide bonds. The Labute approximate surface area is 585 Å². The molecule has 0 bridgehead atoms. The number of ether oxygens (including phenoxy) is 3. The van der Waals surface area contributed by atoms with Crippen LogP contribution in [0.4, 0.5) is 17.1 Å². The first kappa shape index (κ1) is 69.3. The fourth-order valence-electron chi connectivity index (χ4n) is 15.0. The summed E-state index contributed by atoms with van der Waals surface area (Å²) in [6, 6.07) is 18.0. The SMILES string of the molecule is COc1cc(-c2cnc3[nH]cc(C(=O)C4(C)CCCCC4)c3n2)cc(N2CCS(=O)(=O)CC2)c1.COc1cc(-c2cnc3[nH]cc(C(=O)C4(C)CCCCC4)c3n2)cc(N2CCS(=O)CC2)c1.COc1cc(-c2cnc3[nH]cc(C(=O)C4(C)CCCCC4)c3n2)cc(N2CCSCC2)c1. The van der Waals surface area contributed by atoms with Gasteiger partial charge in [0.2, 0.25) is 0 Å². The van der Waals surface area contributed by atoms with Crippen molar-refractivity contribution in [2.45, 2.75) is 117 Å². The lowest BCUT2D eigenvalue weighted by molar-refractivity contribution is 0.0745. The van der Waals surface area contributed by atoms with Crippen LogP contribution in [0.1, 0.15) is 148 Å². The monoisotopic (exact) mass is 1400 g/mol. The van der Waals surface area contributed by atoms with E-state index in [0.717, 1.165) is 166 Å². The van der Waals surface area contributed by atoms with Gasteiger partial charge in [0.05, 0.1) is 85.2 Å². The van der Waals surface area contributed by atoms with Gasteiger partial charge in [0.25, 0.3) is 0 Å². The Bertz CT molecular complexity index is 4580. The maximum Gasteiger partial charge on any atom is 0.172 e. The molecule has 15 rings (SSSR count). The highest BCUT2D eigenvalue weighted by molar-refractivity contribution is 7.99. The number of rotatable bonds is 15. The maximum absolute atomic E-state index is 13.5. The highest BCUT2D eigenvalue weighted by Gasteiger charge is 2.40. The molecule has 522 valence electrons. The largest absolute Gasteiger partial charge is 0.497 e. The molecular weight excluding hydrogens is 1310 g/mol. The molecule has 0 spiro atoms. The first-order valence-electron chi connectivity index (χ1n) is 35.0. The Morgan fingerprint density at radius 3 is 1.09 bits per heavy atom. The number of ketones is 3. The van der Waals surface area contributed by atoms with E-state index >= 15 is 0 Å². The summed E-state index contributed by atoms with van der Waals surface area (Å²) in [6.07, 6.45) is 26.2. The minimum absolute atomic E-state index is 0.130. The van der Waals surface area contributed by atoms with E-state index in [2.05, 4.69) is 78.7 Å². The second-order valence-corrected chi connectivity index (χ2v) is 33.4. The average molecular weight is 1400 g/mol. The first-order valence-corrected chi connectivity index (χ1v) is 39.4. The third kappa shape index (κ3) is 15.1. The fourth-order valence-corrected chi connectivity index (χ4v) is 18.2. The third-order valence-corrected chi connectivity index (χ3v) is 25.1. The van der Waals surface area contributed by atoms with E-state index in [1.807, 2.05) is 53.1 Å². The molecule has 3 aromatic carbocycles. The number of anilines is 3. The predicted octanol–water partition coefficient (Wildman–Crippen LogP) is 13.7. The van der Waals surface area contributed by atoms with Crippen molar-refractivity contribution in [1.29, 1.82) is 0 Å². The molecule has 3 N–H and O–H groups in total. The van der Waals surface area contributed by atoms with Crippen LogP contribution < -0.4 is 28.9 Å². The quantitative estimate of drug-likeness (QED) is 0.0805. The van der Waals surface area contributed by atoms with Crippen LogP contribution in [0, 0.1) is 16.2 Å². The van der Waals surface area contributed by atoms with Crippen LogP contribution >= 0.6 is 11.8 Å². The summed E-state index contributed by atoms with van der Waals surface area (Å²) in [5.74, 6) is 6.55. The van der Waals surface area contributed by atoms with Gasteiger partial charge in [-0.2, -0.15) is 11.8 Å². The van der Waals surface area contributed by atoms with Gasteiger partial charge in [-0.05, 0) is 74.9 Å². The maximum atomic E-state index is 13.5. The second kappa shape index (κ2) is 29.5. The number of H-pyrrole nitrogens is 3. The minimum Gasteiger partial charge on any atom is -0.497 e. The molecule has 3 aliphatic carbocycles. The molecule has 0 radical (unpaired) electrons. The number of aromatic amines is 3. The van der Waals surface area contributed by atoms with Crippen molar-refractivity contribution in [3.8, 4) is 51.0 Å². The van der Waals surface area contributed by atoms with Gasteiger partial charge in [0.1, 0.15) is 33.8 Å². The highest BCUT2D eigenvalue weighted by Crippen LogP contribution is 2.44. The van der Waals surface area contributed by atoms with Crippen LogP contribution in [0.3, 0.4) is 0 Å². The van der Waals surface area contributed by atoms with E-state index in [1.165, 1.54) is 19.3 Å². The summed E-state index contributed by atoms with van der Waals surface area (Å²) in [5.41, 5.74) is 12.4. The Hall–Kier alpha value is -8.22. The molecule has 0 atom stereocenters. The van der Waals surface area contributed by atoms with Gasteiger partial charge >= 0.3 is 0 Å². The van der Waals surface area contributed by atoms with Crippen LogP contribution in [0.15, 0.2) is 91.8 Å². The average Bonchev–Trinajstić information content (AvgIpc) is 1.70. The van der Waals surface area contributed by atoms with Crippen LogP contribution in [-0.2, 0) is 20.6 Å². The zero-order chi connectivity index (χ0) is 69.1. The molecule has 21 nitrogen and oxygen atoms in total. The molecule has 3 saturated carbocycles. The number of carbonyl (C=O) groups is 3. The summed E-state index contributed by atoms with van der Waals surface area (Å²) in [4.78, 5) is 84.9. The van der Waals surface area contributed by atoms with Crippen LogP contribution in [-0.4, -0.2) is 170 Å². The normalized spacial score (nSPS) is 19.2. The number of hydrogen-bond donors (Lipinski definition) is 3. The number of aromatic nitrogens is 9. The molecule has 6 fully saturated rings. The molecule has 9 aromatic rings. The number of fused-ring (bicyclic) bond motifs is 3. The number of hydrogen-bond acceptors (Lipinski definition) is 19. The predicted molar refractivity (Wildman–Crippen MR) is 395 cm³/mol. The number of benzene rings is 3.